The highest BCUT2D eigenvalue weighted by molar-refractivity contribution is 6.05. The lowest BCUT2D eigenvalue weighted by atomic mass is 9.65. The van der Waals surface area contributed by atoms with Crippen LogP contribution in [0.5, 0.6) is 11.5 Å². The monoisotopic (exact) mass is 903 g/mol. The molecule has 0 atom stereocenters. The van der Waals surface area contributed by atoms with Crippen LogP contribution in [0.1, 0.15) is 22.3 Å². The Labute approximate surface area is 414 Å². The molecule has 332 valence electrons. The van der Waals surface area contributed by atoms with E-state index in [9.17, 15) is 0 Å². The first kappa shape index (κ1) is 40.8. The molecule has 0 aromatic heterocycles. The molecule has 1 heterocycles. The van der Waals surface area contributed by atoms with Crippen LogP contribution in [0.4, 0.5) is 17.1 Å². The van der Waals surface area contributed by atoms with Gasteiger partial charge in [-0.2, -0.15) is 0 Å². The van der Waals surface area contributed by atoms with Gasteiger partial charge in [-0.25, -0.2) is 0 Å². The van der Waals surface area contributed by atoms with Crippen molar-refractivity contribution in [2.45, 2.75) is 5.41 Å². The molecule has 0 saturated heterocycles. The Morgan fingerprint density at radius 1 is 0.282 bits per heavy atom. The molecule has 14 rings (SSSR count). The largest absolute Gasteiger partial charge is 0.455 e. The molecule has 2 aliphatic rings. The van der Waals surface area contributed by atoms with Crippen LogP contribution in [-0.4, -0.2) is 0 Å². The van der Waals surface area contributed by atoms with Crippen LogP contribution in [-0.2, 0) is 5.41 Å². The molecular formula is C69H45NO. The van der Waals surface area contributed by atoms with Crippen LogP contribution < -0.4 is 9.64 Å². The number of benzene rings is 12. The van der Waals surface area contributed by atoms with Crippen molar-refractivity contribution in [3.8, 4) is 67.1 Å². The minimum atomic E-state index is -0.675. The highest BCUT2D eigenvalue weighted by Crippen LogP contribution is 2.65. The summed E-state index contributed by atoms with van der Waals surface area (Å²) in [6, 6.07) is 99.8. The van der Waals surface area contributed by atoms with Crippen LogP contribution in [0.25, 0.3) is 77.2 Å². The summed E-state index contributed by atoms with van der Waals surface area (Å²) in [6.45, 7) is 0. The molecular weight excluding hydrogens is 859 g/mol. The van der Waals surface area contributed by atoms with Gasteiger partial charge in [0.25, 0.3) is 0 Å². The van der Waals surface area contributed by atoms with E-state index in [2.05, 4.69) is 278 Å². The minimum absolute atomic E-state index is 0.675. The average molecular weight is 904 g/mol. The highest BCUT2D eigenvalue weighted by atomic mass is 16.5. The van der Waals surface area contributed by atoms with Crippen LogP contribution in [0.2, 0.25) is 0 Å². The lowest BCUT2D eigenvalue weighted by molar-refractivity contribution is 0.447. The molecule has 1 aliphatic heterocycles. The summed E-state index contributed by atoms with van der Waals surface area (Å²) in [5.41, 5.74) is 19.1. The maximum atomic E-state index is 7.30. The summed E-state index contributed by atoms with van der Waals surface area (Å²) in [5.74, 6) is 1.83. The molecule has 71 heavy (non-hydrogen) atoms. The zero-order chi connectivity index (χ0) is 46.9. The standard InChI is InChI=1S/C69H45NO/c1-4-19-46(20-5-1)48-35-40-53(41-36-48)70(65-45-52(47-21-6-2-7-22-47)37-42-54(65)49-23-8-3-9-24-49)64-34-17-15-29-57(64)58-31-18-33-61-66(58)59-30-14-16-32-60(59)69(61)62-43-38-50-25-10-12-27-55(50)67(62)71-68-56-28-13-11-26-51(56)39-44-63(68)69/h1-45H. The SMILES string of the molecule is c1ccc(-c2ccc(N(c3cc(-c4ccccc4)ccc3-c3ccccc3)c3ccccc3-c3cccc4c3-c3ccccc3C43c4ccc5ccccc5c4Oc4c3ccc3ccccc43)cc2)cc1. The van der Waals surface area contributed by atoms with Crippen LogP contribution in [0, 0.1) is 0 Å². The van der Waals surface area contributed by atoms with Gasteiger partial charge >= 0.3 is 0 Å². The summed E-state index contributed by atoms with van der Waals surface area (Å²) in [4.78, 5) is 2.49. The van der Waals surface area contributed by atoms with Gasteiger partial charge in [0.2, 0.25) is 0 Å². The van der Waals surface area contributed by atoms with Gasteiger partial charge in [-0.3, -0.25) is 0 Å². The second-order valence-corrected chi connectivity index (χ2v) is 18.7. The summed E-state index contributed by atoms with van der Waals surface area (Å²) in [7, 11) is 0. The Hall–Kier alpha value is -9.24. The molecule has 0 fully saturated rings. The fraction of sp³-hybridized carbons (Fsp3) is 0.0145. The first-order valence-electron chi connectivity index (χ1n) is 24.5. The number of nitrogens with zero attached hydrogens (tertiary/aromatic N) is 1. The number of para-hydroxylation sites is 1. The van der Waals surface area contributed by atoms with E-state index in [1.54, 1.807) is 0 Å². The Bertz CT molecular complexity index is 3920. The van der Waals surface area contributed by atoms with E-state index in [4.69, 9.17) is 4.74 Å². The van der Waals surface area contributed by atoms with Crippen molar-refractivity contribution in [1.29, 1.82) is 0 Å². The average Bonchev–Trinajstić information content (AvgIpc) is 3.75. The summed E-state index contributed by atoms with van der Waals surface area (Å²) in [6.07, 6.45) is 0. The van der Waals surface area contributed by atoms with Gasteiger partial charge in [-0.15, -0.1) is 0 Å². The summed E-state index contributed by atoms with van der Waals surface area (Å²) < 4.78 is 7.30. The fourth-order valence-electron chi connectivity index (χ4n) is 11.8. The number of anilines is 3. The van der Waals surface area contributed by atoms with Crippen molar-refractivity contribution in [3.05, 3.63) is 295 Å². The normalized spacial score (nSPS) is 12.7. The molecule has 0 saturated carbocycles. The molecule has 0 bridgehead atoms. The molecule has 2 nitrogen and oxygen atoms in total. The maximum Gasteiger partial charge on any atom is 0.140 e. The van der Waals surface area contributed by atoms with Gasteiger partial charge in [0.05, 0.1) is 16.8 Å². The van der Waals surface area contributed by atoms with Gasteiger partial charge in [0, 0.05) is 38.7 Å². The zero-order valence-corrected chi connectivity index (χ0v) is 38.8. The van der Waals surface area contributed by atoms with Crippen molar-refractivity contribution in [2.24, 2.45) is 0 Å². The van der Waals surface area contributed by atoms with Gasteiger partial charge in [0.15, 0.2) is 0 Å². The van der Waals surface area contributed by atoms with Crippen molar-refractivity contribution < 1.29 is 4.74 Å². The quantitative estimate of drug-likeness (QED) is 0.158. The summed E-state index contributed by atoms with van der Waals surface area (Å²) >= 11 is 0. The van der Waals surface area contributed by atoms with E-state index in [0.29, 0.717) is 0 Å². The number of rotatable bonds is 7. The molecule has 12 aromatic carbocycles. The maximum absolute atomic E-state index is 7.30. The molecule has 0 unspecified atom stereocenters. The van der Waals surface area contributed by atoms with E-state index in [1.807, 2.05) is 0 Å². The van der Waals surface area contributed by atoms with E-state index in [-0.39, 0.29) is 0 Å². The molecule has 1 aliphatic carbocycles. The number of hydrogen-bond donors (Lipinski definition) is 0. The predicted octanol–water partition coefficient (Wildman–Crippen LogP) is 18.6. The first-order chi connectivity index (χ1) is 35.2. The zero-order valence-electron chi connectivity index (χ0n) is 38.8. The predicted molar refractivity (Wildman–Crippen MR) is 295 cm³/mol. The third-order valence-corrected chi connectivity index (χ3v) is 14.9. The Balaban J connectivity index is 1.05. The fourth-order valence-corrected chi connectivity index (χ4v) is 11.8. The van der Waals surface area contributed by atoms with Crippen LogP contribution in [0.3, 0.4) is 0 Å². The third kappa shape index (κ3) is 6.35. The van der Waals surface area contributed by atoms with Gasteiger partial charge in [-0.05, 0) is 90.7 Å². The van der Waals surface area contributed by atoms with Gasteiger partial charge < -0.3 is 9.64 Å². The minimum Gasteiger partial charge on any atom is -0.455 e. The van der Waals surface area contributed by atoms with Gasteiger partial charge in [-0.1, -0.05) is 249 Å². The van der Waals surface area contributed by atoms with Crippen LogP contribution in [0.15, 0.2) is 273 Å². The number of ether oxygens (including phenoxy) is 1. The molecule has 12 aromatic rings. The van der Waals surface area contributed by atoms with E-state index in [0.717, 1.165) is 83.5 Å². The Morgan fingerprint density at radius 3 is 1.44 bits per heavy atom. The second-order valence-electron chi connectivity index (χ2n) is 18.7. The van der Waals surface area contributed by atoms with E-state index >= 15 is 0 Å². The third-order valence-electron chi connectivity index (χ3n) is 14.9. The second kappa shape index (κ2) is 16.5. The topological polar surface area (TPSA) is 12.5 Å². The lowest BCUT2D eigenvalue weighted by Crippen LogP contribution is -2.32. The first-order valence-corrected chi connectivity index (χ1v) is 24.5. The van der Waals surface area contributed by atoms with E-state index in [1.165, 1.54) is 44.5 Å². The molecule has 0 amide bonds. The number of hydrogen-bond acceptors (Lipinski definition) is 2. The lowest BCUT2D eigenvalue weighted by Gasteiger charge is -2.40. The Kier molecular flexibility index (Phi) is 9.47. The summed E-state index contributed by atoms with van der Waals surface area (Å²) in [5, 5.41) is 4.53. The van der Waals surface area contributed by atoms with Crippen molar-refractivity contribution in [2.75, 3.05) is 4.90 Å². The smallest absolute Gasteiger partial charge is 0.140 e. The molecule has 0 radical (unpaired) electrons. The number of fused-ring (bicyclic) bond motifs is 13. The molecule has 1 spiro atoms. The van der Waals surface area contributed by atoms with E-state index < -0.39 is 5.41 Å². The molecule has 2 heteroatoms. The van der Waals surface area contributed by atoms with Crippen molar-refractivity contribution >= 4 is 38.6 Å². The van der Waals surface area contributed by atoms with Gasteiger partial charge in [0.1, 0.15) is 11.5 Å². The van der Waals surface area contributed by atoms with Crippen LogP contribution >= 0.6 is 0 Å². The highest BCUT2D eigenvalue weighted by Gasteiger charge is 2.52. The Morgan fingerprint density at radius 2 is 0.775 bits per heavy atom. The van der Waals surface area contributed by atoms with Crippen molar-refractivity contribution in [3.63, 3.8) is 0 Å². The van der Waals surface area contributed by atoms with Crippen molar-refractivity contribution in [1.82, 2.24) is 0 Å². The molecule has 0 N–H and O–H groups in total.